The van der Waals surface area contributed by atoms with Crippen molar-refractivity contribution in [2.45, 2.75) is 97.4 Å². The van der Waals surface area contributed by atoms with Gasteiger partial charge in [-0.15, -0.1) is 0 Å². The second-order valence-electron chi connectivity index (χ2n) is 9.68. The third-order valence-electron chi connectivity index (χ3n) is 6.34. The van der Waals surface area contributed by atoms with E-state index >= 15 is 0 Å². The van der Waals surface area contributed by atoms with Gasteiger partial charge in [-0.3, -0.25) is 0 Å². The molecule has 1 aromatic rings. The Bertz CT molecular complexity index is 624. The Morgan fingerprint density at radius 2 is 1.72 bits per heavy atom. The molecule has 1 atom stereocenters. The van der Waals surface area contributed by atoms with Crippen molar-refractivity contribution in [1.29, 1.82) is 0 Å². The zero-order valence-corrected chi connectivity index (χ0v) is 19.3. The molecule has 1 aromatic carbocycles. The van der Waals surface area contributed by atoms with Gasteiger partial charge in [-0.05, 0) is 95.5 Å². The number of nitrogens with one attached hydrogen (secondary N) is 2. The van der Waals surface area contributed by atoms with Crippen molar-refractivity contribution in [2.24, 2.45) is 5.41 Å². The maximum atomic E-state index is 4.22. The van der Waals surface area contributed by atoms with Crippen LogP contribution < -0.4 is 10.6 Å². The van der Waals surface area contributed by atoms with E-state index in [4.69, 9.17) is 0 Å². The first kappa shape index (κ1) is 23.6. The summed E-state index contributed by atoms with van der Waals surface area (Å²) in [5.41, 5.74) is 5.83. The quantitative estimate of drug-likeness (QED) is 0.292. The lowest BCUT2D eigenvalue weighted by Gasteiger charge is -2.18. The Labute approximate surface area is 180 Å². The Morgan fingerprint density at radius 3 is 2.41 bits per heavy atom. The summed E-state index contributed by atoms with van der Waals surface area (Å²) >= 11 is 0. The van der Waals surface area contributed by atoms with Gasteiger partial charge in [0.15, 0.2) is 0 Å². The van der Waals surface area contributed by atoms with Gasteiger partial charge < -0.3 is 10.6 Å². The summed E-state index contributed by atoms with van der Waals surface area (Å²) in [6.45, 7) is 16.3. The van der Waals surface area contributed by atoms with Crippen LogP contribution in [0.3, 0.4) is 0 Å². The lowest BCUT2D eigenvalue weighted by Crippen LogP contribution is -2.25. The van der Waals surface area contributed by atoms with Gasteiger partial charge in [0.05, 0.1) is 0 Å². The summed E-state index contributed by atoms with van der Waals surface area (Å²) in [5, 5.41) is 7.11. The number of unbranched alkanes of at least 4 members (excludes halogenated alkanes) is 2. The van der Waals surface area contributed by atoms with Crippen LogP contribution in [0, 0.1) is 12.3 Å². The van der Waals surface area contributed by atoms with E-state index in [-0.39, 0.29) is 0 Å². The minimum Gasteiger partial charge on any atom is -0.389 e. The van der Waals surface area contributed by atoms with Crippen LogP contribution >= 0.6 is 0 Å². The van der Waals surface area contributed by atoms with Gasteiger partial charge in [-0.25, -0.2) is 0 Å². The van der Waals surface area contributed by atoms with E-state index in [0.717, 1.165) is 19.4 Å². The molecule has 0 bridgehead atoms. The molecule has 162 valence electrons. The fourth-order valence-corrected chi connectivity index (χ4v) is 3.76. The van der Waals surface area contributed by atoms with Crippen LogP contribution in [0.1, 0.15) is 89.2 Å². The fourth-order valence-electron chi connectivity index (χ4n) is 3.76. The predicted octanol–water partition coefficient (Wildman–Crippen LogP) is 7.05. The molecular weight excluding hydrogens is 352 g/mol. The minimum atomic E-state index is 0.527. The van der Waals surface area contributed by atoms with Gasteiger partial charge in [0.1, 0.15) is 0 Å². The zero-order chi connectivity index (χ0) is 21.1. The normalized spacial score (nSPS) is 15.6. The van der Waals surface area contributed by atoms with Crippen molar-refractivity contribution in [1.82, 2.24) is 10.6 Å². The molecule has 1 aliphatic carbocycles. The predicted molar refractivity (Wildman–Crippen MR) is 128 cm³/mol. The van der Waals surface area contributed by atoms with E-state index in [1.54, 1.807) is 0 Å². The van der Waals surface area contributed by atoms with Crippen LogP contribution in [0.25, 0.3) is 0 Å². The second-order valence-corrected chi connectivity index (χ2v) is 9.68. The van der Waals surface area contributed by atoms with Crippen LogP contribution in [0.4, 0.5) is 0 Å². The summed E-state index contributed by atoms with van der Waals surface area (Å²) < 4.78 is 0. The Balaban J connectivity index is 1.41. The van der Waals surface area contributed by atoms with E-state index in [1.807, 2.05) is 0 Å². The van der Waals surface area contributed by atoms with Gasteiger partial charge in [-0.1, -0.05) is 49.9 Å². The molecule has 1 fully saturated rings. The van der Waals surface area contributed by atoms with E-state index in [0.29, 0.717) is 11.5 Å². The van der Waals surface area contributed by atoms with E-state index in [9.17, 15) is 0 Å². The van der Waals surface area contributed by atoms with Gasteiger partial charge in [0.2, 0.25) is 0 Å². The molecular formula is C27H44N2. The summed E-state index contributed by atoms with van der Waals surface area (Å²) in [5.74, 6) is 0. The van der Waals surface area contributed by atoms with E-state index < -0.39 is 0 Å². The molecule has 29 heavy (non-hydrogen) atoms. The van der Waals surface area contributed by atoms with Crippen LogP contribution in [0.2, 0.25) is 0 Å². The Morgan fingerprint density at radius 1 is 1.00 bits per heavy atom. The fraction of sp³-hybridized carbons (Fsp3) is 0.630. The van der Waals surface area contributed by atoms with E-state index in [2.05, 4.69) is 68.8 Å². The second kappa shape index (κ2) is 12.1. The van der Waals surface area contributed by atoms with Crippen molar-refractivity contribution in [3.8, 4) is 0 Å². The monoisotopic (exact) mass is 396 g/mol. The first-order valence-corrected chi connectivity index (χ1v) is 11.8. The topological polar surface area (TPSA) is 24.1 Å². The highest BCUT2D eigenvalue weighted by Gasteiger charge is 2.36. The Kier molecular flexibility index (Phi) is 9.84. The first-order chi connectivity index (χ1) is 13.9. The van der Waals surface area contributed by atoms with Crippen molar-refractivity contribution in [3.05, 3.63) is 59.9 Å². The molecule has 0 amide bonds. The number of aryl methyl sites for hydroxylation is 2. The number of hydrogen-bond acceptors (Lipinski definition) is 2. The maximum absolute atomic E-state index is 4.22. The molecule has 0 unspecified atom stereocenters. The summed E-state index contributed by atoms with van der Waals surface area (Å²) in [6, 6.07) is 9.44. The molecule has 0 aromatic heterocycles. The molecule has 2 nitrogen and oxygen atoms in total. The lowest BCUT2D eigenvalue weighted by atomic mass is 10.0. The minimum absolute atomic E-state index is 0.527. The summed E-state index contributed by atoms with van der Waals surface area (Å²) in [7, 11) is 0. The molecule has 2 rings (SSSR count). The standard InChI is InChI=1S/C27H44N2/c1-22-13-15-26(16-14-22)12-7-6-10-23(2)28-21-9-8-11-24(3)29-25(4)17-18-27(5)19-20-27/h13-16,24,28-29H,2,4,6-12,17-21H2,1,3,5H3/t24-/m1/s1. The van der Waals surface area contributed by atoms with Gasteiger partial charge in [-0.2, -0.15) is 0 Å². The van der Waals surface area contributed by atoms with Crippen LogP contribution in [-0.2, 0) is 6.42 Å². The molecule has 1 saturated carbocycles. The van der Waals surface area contributed by atoms with Crippen molar-refractivity contribution >= 4 is 0 Å². The third kappa shape index (κ3) is 10.6. The third-order valence-corrected chi connectivity index (χ3v) is 6.34. The van der Waals surface area contributed by atoms with Gasteiger partial charge >= 0.3 is 0 Å². The molecule has 2 N–H and O–H groups in total. The van der Waals surface area contributed by atoms with Gasteiger partial charge in [0, 0.05) is 24.0 Å². The molecule has 1 aliphatic rings. The van der Waals surface area contributed by atoms with Crippen LogP contribution in [-0.4, -0.2) is 12.6 Å². The largest absolute Gasteiger partial charge is 0.389 e. The van der Waals surface area contributed by atoms with E-state index in [1.165, 1.54) is 80.3 Å². The smallest absolute Gasteiger partial charge is 0.0229 e. The average Bonchev–Trinajstić information content (AvgIpc) is 3.42. The molecule has 0 heterocycles. The number of allylic oxidation sites excluding steroid dienone is 2. The zero-order valence-electron chi connectivity index (χ0n) is 19.3. The number of benzene rings is 1. The maximum Gasteiger partial charge on any atom is 0.0229 e. The highest BCUT2D eigenvalue weighted by Crippen LogP contribution is 2.49. The number of hydrogen-bond donors (Lipinski definition) is 2. The van der Waals surface area contributed by atoms with Crippen molar-refractivity contribution < 1.29 is 0 Å². The van der Waals surface area contributed by atoms with Gasteiger partial charge in [0.25, 0.3) is 0 Å². The highest BCUT2D eigenvalue weighted by atomic mass is 14.9. The number of rotatable bonds is 16. The summed E-state index contributed by atoms with van der Waals surface area (Å²) in [6.07, 6.45) is 13.6. The summed E-state index contributed by atoms with van der Waals surface area (Å²) in [4.78, 5) is 0. The Hall–Kier alpha value is -1.70. The average molecular weight is 397 g/mol. The molecule has 0 saturated heterocycles. The first-order valence-electron chi connectivity index (χ1n) is 11.8. The molecule has 0 radical (unpaired) electrons. The van der Waals surface area contributed by atoms with Crippen molar-refractivity contribution in [3.63, 3.8) is 0 Å². The van der Waals surface area contributed by atoms with Crippen LogP contribution in [0.15, 0.2) is 48.8 Å². The molecule has 0 spiro atoms. The van der Waals surface area contributed by atoms with Crippen LogP contribution in [0.5, 0.6) is 0 Å². The molecule has 0 aliphatic heterocycles. The lowest BCUT2D eigenvalue weighted by molar-refractivity contribution is 0.477. The molecule has 2 heteroatoms. The van der Waals surface area contributed by atoms with Crippen molar-refractivity contribution in [2.75, 3.05) is 6.54 Å². The highest BCUT2D eigenvalue weighted by molar-refractivity contribution is 5.21. The SMILES string of the molecule is C=C(CCCCc1ccc(C)cc1)NCCCC[C@@H](C)NC(=C)CCC1(C)CC1.